The zero-order valence-corrected chi connectivity index (χ0v) is 11.9. The number of hydrogen-bond acceptors (Lipinski definition) is 2. The second kappa shape index (κ2) is 6.06. The Bertz CT molecular complexity index is 640. The molecule has 0 aliphatic heterocycles. The minimum absolute atomic E-state index is 0.207. The summed E-state index contributed by atoms with van der Waals surface area (Å²) in [5.41, 5.74) is 2.31. The average Bonchev–Trinajstić information content (AvgIpc) is 2.46. The van der Waals surface area contributed by atoms with Gasteiger partial charge in [-0.1, -0.05) is 30.7 Å². The topological polar surface area (TPSA) is 26.3 Å². The Labute approximate surface area is 122 Å². The molecule has 0 radical (unpaired) electrons. The molecule has 2 aromatic carbocycles. The predicted octanol–water partition coefficient (Wildman–Crippen LogP) is 4.46. The Morgan fingerprint density at radius 3 is 2.50 bits per heavy atom. The number of benzene rings is 2. The summed E-state index contributed by atoms with van der Waals surface area (Å²) in [5, 5.41) is 0.319. The van der Waals surface area contributed by atoms with Gasteiger partial charge in [0.15, 0.2) is 0 Å². The van der Waals surface area contributed by atoms with E-state index in [0.29, 0.717) is 16.3 Å². The van der Waals surface area contributed by atoms with Crippen molar-refractivity contribution in [3.8, 4) is 16.9 Å². The van der Waals surface area contributed by atoms with Crippen molar-refractivity contribution in [2.75, 3.05) is 7.11 Å². The third-order valence-electron chi connectivity index (χ3n) is 3.18. The fourth-order valence-electron chi connectivity index (χ4n) is 2.00. The van der Waals surface area contributed by atoms with Crippen molar-refractivity contribution in [2.24, 2.45) is 0 Å². The molecule has 0 N–H and O–H groups in total. The summed E-state index contributed by atoms with van der Waals surface area (Å²) in [6.45, 7) is 1.81. The molecule has 4 heteroatoms. The molecule has 0 fully saturated rings. The van der Waals surface area contributed by atoms with Crippen LogP contribution in [0.3, 0.4) is 0 Å². The molecule has 1 atom stereocenters. The SMILES string of the molecule is COc1cc(C(C)C=O)ccc1-c1ccc(F)cc1Cl. The Hall–Kier alpha value is -1.87. The van der Waals surface area contributed by atoms with E-state index in [0.717, 1.165) is 17.4 Å². The third kappa shape index (κ3) is 2.83. The van der Waals surface area contributed by atoms with Gasteiger partial charge in [0.1, 0.15) is 17.9 Å². The lowest BCUT2D eigenvalue weighted by molar-refractivity contribution is -0.108. The Kier molecular flexibility index (Phi) is 4.40. The number of ether oxygens (including phenoxy) is 1. The molecule has 0 spiro atoms. The van der Waals surface area contributed by atoms with Crippen LogP contribution in [0.1, 0.15) is 18.4 Å². The molecule has 0 bridgehead atoms. The third-order valence-corrected chi connectivity index (χ3v) is 3.49. The van der Waals surface area contributed by atoms with Gasteiger partial charge in [0, 0.05) is 17.0 Å². The number of carbonyl (C=O) groups is 1. The molecular weight excluding hydrogens is 279 g/mol. The maximum atomic E-state index is 13.1. The first kappa shape index (κ1) is 14.5. The van der Waals surface area contributed by atoms with Crippen molar-refractivity contribution in [3.05, 3.63) is 52.8 Å². The summed E-state index contributed by atoms with van der Waals surface area (Å²) in [4.78, 5) is 10.8. The monoisotopic (exact) mass is 292 g/mol. The van der Waals surface area contributed by atoms with Crippen LogP contribution in [0.15, 0.2) is 36.4 Å². The quantitative estimate of drug-likeness (QED) is 0.778. The van der Waals surface area contributed by atoms with E-state index in [9.17, 15) is 9.18 Å². The van der Waals surface area contributed by atoms with E-state index in [2.05, 4.69) is 0 Å². The van der Waals surface area contributed by atoms with Gasteiger partial charge in [-0.2, -0.15) is 0 Å². The molecule has 0 aliphatic carbocycles. The van der Waals surface area contributed by atoms with Gasteiger partial charge in [-0.25, -0.2) is 4.39 Å². The zero-order chi connectivity index (χ0) is 14.7. The van der Waals surface area contributed by atoms with Crippen LogP contribution in [-0.4, -0.2) is 13.4 Å². The van der Waals surface area contributed by atoms with Gasteiger partial charge in [-0.05, 0) is 29.8 Å². The second-order valence-electron chi connectivity index (χ2n) is 4.51. The second-order valence-corrected chi connectivity index (χ2v) is 4.92. The van der Waals surface area contributed by atoms with Crippen LogP contribution in [-0.2, 0) is 4.79 Å². The Morgan fingerprint density at radius 1 is 1.20 bits per heavy atom. The molecular formula is C16H14ClFO2. The van der Waals surface area contributed by atoms with Crippen LogP contribution in [0.5, 0.6) is 5.75 Å². The molecule has 20 heavy (non-hydrogen) atoms. The summed E-state index contributed by atoms with van der Waals surface area (Å²) < 4.78 is 18.5. The lowest BCUT2D eigenvalue weighted by Gasteiger charge is -2.13. The first-order chi connectivity index (χ1) is 9.56. The van der Waals surface area contributed by atoms with Crippen LogP contribution < -0.4 is 4.74 Å². The molecule has 2 aromatic rings. The van der Waals surface area contributed by atoms with E-state index in [1.54, 1.807) is 19.2 Å². The fraction of sp³-hybridized carbons (Fsp3) is 0.188. The molecule has 0 saturated heterocycles. The van der Waals surface area contributed by atoms with E-state index in [4.69, 9.17) is 16.3 Å². The highest BCUT2D eigenvalue weighted by atomic mass is 35.5. The number of hydrogen-bond donors (Lipinski definition) is 0. The van der Waals surface area contributed by atoms with Crippen molar-refractivity contribution in [3.63, 3.8) is 0 Å². The van der Waals surface area contributed by atoms with Gasteiger partial charge in [0.25, 0.3) is 0 Å². The summed E-state index contributed by atoms with van der Waals surface area (Å²) in [6.07, 6.45) is 0.874. The maximum absolute atomic E-state index is 13.1. The normalized spacial score (nSPS) is 12.0. The number of aldehydes is 1. The van der Waals surface area contributed by atoms with Gasteiger partial charge in [-0.3, -0.25) is 0 Å². The van der Waals surface area contributed by atoms with Crippen LogP contribution in [0, 0.1) is 5.82 Å². The average molecular weight is 293 g/mol. The zero-order valence-electron chi connectivity index (χ0n) is 11.2. The molecule has 104 valence electrons. The van der Waals surface area contributed by atoms with Crippen molar-refractivity contribution >= 4 is 17.9 Å². The van der Waals surface area contributed by atoms with E-state index in [-0.39, 0.29) is 11.7 Å². The van der Waals surface area contributed by atoms with Crippen LogP contribution in [0.2, 0.25) is 5.02 Å². The maximum Gasteiger partial charge on any atom is 0.127 e. The lowest BCUT2D eigenvalue weighted by Crippen LogP contribution is -1.97. The summed E-state index contributed by atoms with van der Waals surface area (Å²) in [5.74, 6) is 0.00950. The van der Waals surface area contributed by atoms with E-state index < -0.39 is 0 Å². The van der Waals surface area contributed by atoms with Crippen LogP contribution in [0.25, 0.3) is 11.1 Å². The number of halogens is 2. The molecule has 0 aromatic heterocycles. The Balaban J connectivity index is 2.54. The van der Waals surface area contributed by atoms with Crippen molar-refractivity contribution in [1.82, 2.24) is 0 Å². The van der Waals surface area contributed by atoms with E-state index in [1.165, 1.54) is 12.1 Å². The van der Waals surface area contributed by atoms with Gasteiger partial charge in [0.05, 0.1) is 12.1 Å². The summed E-state index contributed by atoms with van der Waals surface area (Å²) in [7, 11) is 1.55. The molecule has 1 unspecified atom stereocenters. The van der Waals surface area contributed by atoms with Crippen molar-refractivity contribution in [1.29, 1.82) is 0 Å². The lowest BCUT2D eigenvalue weighted by atomic mass is 9.97. The molecule has 2 rings (SSSR count). The summed E-state index contributed by atoms with van der Waals surface area (Å²) in [6, 6.07) is 9.69. The van der Waals surface area contributed by atoms with Crippen molar-refractivity contribution in [2.45, 2.75) is 12.8 Å². The largest absolute Gasteiger partial charge is 0.496 e. The molecule has 0 aliphatic rings. The van der Waals surface area contributed by atoms with Gasteiger partial charge < -0.3 is 9.53 Å². The predicted molar refractivity (Wildman–Crippen MR) is 77.9 cm³/mol. The van der Waals surface area contributed by atoms with Gasteiger partial charge in [0.2, 0.25) is 0 Å². The molecule has 0 saturated carbocycles. The first-order valence-electron chi connectivity index (χ1n) is 6.15. The van der Waals surface area contributed by atoms with Crippen molar-refractivity contribution < 1.29 is 13.9 Å². The van der Waals surface area contributed by atoms with E-state index >= 15 is 0 Å². The highest BCUT2D eigenvalue weighted by Gasteiger charge is 2.13. The van der Waals surface area contributed by atoms with Crippen LogP contribution >= 0.6 is 11.6 Å². The molecule has 0 amide bonds. The smallest absolute Gasteiger partial charge is 0.127 e. The molecule has 2 nitrogen and oxygen atoms in total. The fourth-order valence-corrected chi connectivity index (χ4v) is 2.27. The summed E-state index contributed by atoms with van der Waals surface area (Å²) >= 11 is 6.07. The number of rotatable bonds is 4. The number of methoxy groups -OCH3 is 1. The molecule has 0 heterocycles. The highest BCUT2D eigenvalue weighted by molar-refractivity contribution is 6.33. The minimum atomic E-state index is -0.385. The van der Waals surface area contributed by atoms with Gasteiger partial charge >= 0.3 is 0 Å². The first-order valence-corrected chi connectivity index (χ1v) is 6.53. The minimum Gasteiger partial charge on any atom is -0.496 e. The number of carbonyl (C=O) groups excluding carboxylic acids is 1. The highest BCUT2D eigenvalue weighted by Crippen LogP contribution is 2.36. The Morgan fingerprint density at radius 2 is 1.90 bits per heavy atom. The van der Waals surface area contributed by atoms with Crippen LogP contribution in [0.4, 0.5) is 4.39 Å². The van der Waals surface area contributed by atoms with Gasteiger partial charge in [-0.15, -0.1) is 0 Å². The van der Waals surface area contributed by atoms with E-state index in [1.807, 2.05) is 19.1 Å². The standard InChI is InChI=1S/C16H14ClFO2/c1-10(9-19)11-3-5-14(16(7-11)20-2)13-6-4-12(18)8-15(13)17/h3-10H,1-2H3.